The number of hydrogen-bond acceptors (Lipinski definition) is 4. The Balaban J connectivity index is 1.57. The van der Waals surface area contributed by atoms with E-state index in [2.05, 4.69) is 14.9 Å². The zero-order valence-corrected chi connectivity index (χ0v) is 12.6. The Kier molecular flexibility index (Phi) is 4.26. The van der Waals surface area contributed by atoms with Gasteiger partial charge in [-0.2, -0.15) is 0 Å². The summed E-state index contributed by atoms with van der Waals surface area (Å²) in [6, 6.07) is 0. The Hall–Kier alpha value is -1.40. The van der Waals surface area contributed by atoms with Gasteiger partial charge in [0.1, 0.15) is 5.82 Å². The number of rotatable bonds is 3. The van der Waals surface area contributed by atoms with Gasteiger partial charge in [0.25, 0.3) is 0 Å². The molecular weight excluding hydrogens is 268 g/mol. The van der Waals surface area contributed by atoms with Gasteiger partial charge in [-0.3, -0.25) is 9.69 Å². The van der Waals surface area contributed by atoms with Gasteiger partial charge in [-0.05, 0) is 19.8 Å². The molecule has 0 aromatic carbocycles. The lowest BCUT2D eigenvalue weighted by Crippen LogP contribution is -2.51. The van der Waals surface area contributed by atoms with E-state index >= 15 is 0 Å². The van der Waals surface area contributed by atoms with Crippen molar-refractivity contribution >= 4 is 5.91 Å². The van der Waals surface area contributed by atoms with Crippen LogP contribution >= 0.6 is 0 Å². The summed E-state index contributed by atoms with van der Waals surface area (Å²) in [5.74, 6) is 1.34. The van der Waals surface area contributed by atoms with E-state index in [0.29, 0.717) is 6.54 Å². The molecule has 2 heterocycles. The first-order valence-electron chi connectivity index (χ1n) is 7.83. The fraction of sp³-hybridized carbons (Fsp3) is 0.733. The first-order chi connectivity index (χ1) is 10.2. The lowest BCUT2D eigenvalue weighted by Gasteiger charge is -2.36. The standard InChI is InChI=1S/C15H24N4O2/c1-11-16-13-3-2-12(10-14(13)17-11)15(21)19-6-4-18(5-7-19)8-9-20/h12,20H,2-10H2,1H3,(H,16,17). The van der Waals surface area contributed by atoms with Gasteiger partial charge in [-0.1, -0.05) is 0 Å². The van der Waals surface area contributed by atoms with Crippen LogP contribution < -0.4 is 0 Å². The summed E-state index contributed by atoms with van der Waals surface area (Å²) in [6.07, 6.45) is 2.61. The Labute approximate surface area is 125 Å². The van der Waals surface area contributed by atoms with Crippen LogP contribution in [0.4, 0.5) is 0 Å². The third-order valence-corrected chi connectivity index (χ3v) is 4.61. The number of imidazole rings is 1. The van der Waals surface area contributed by atoms with E-state index in [1.165, 1.54) is 0 Å². The fourth-order valence-electron chi connectivity index (χ4n) is 3.43. The molecule has 1 saturated heterocycles. The van der Waals surface area contributed by atoms with Crippen molar-refractivity contribution in [2.24, 2.45) is 5.92 Å². The summed E-state index contributed by atoms with van der Waals surface area (Å²) in [6.45, 7) is 6.17. The molecule has 1 aliphatic heterocycles. The van der Waals surface area contributed by atoms with Crippen molar-refractivity contribution in [3.63, 3.8) is 0 Å². The number of carbonyl (C=O) groups excluding carboxylic acids is 1. The highest BCUT2D eigenvalue weighted by Crippen LogP contribution is 2.25. The van der Waals surface area contributed by atoms with Crippen LogP contribution in [0.15, 0.2) is 0 Å². The van der Waals surface area contributed by atoms with Gasteiger partial charge in [-0.25, -0.2) is 4.98 Å². The summed E-state index contributed by atoms with van der Waals surface area (Å²) in [4.78, 5) is 24.6. The molecular formula is C15H24N4O2. The maximum Gasteiger partial charge on any atom is 0.226 e. The second-order valence-electron chi connectivity index (χ2n) is 6.08. The zero-order chi connectivity index (χ0) is 14.8. The first kappa shape index (κ1) is 14.5. The normalized spacial score (nSPS) is 23.1. The van der Waals surface area contributed by atoms with Crippen LogP contribution in [0, 0.1) is 12.8 Å². The van der Waals surface area contributed by atoms with Gasteiger partial charge in [0.15, 0.2) is 0 Å². The number of aryl methyl sites for hydroxylation is 2. The van der Waals surface area contributed by atoms with Gasteiger partial charge in [-0.15, -0.1) is 0 Å². The molecule has 3 rings (SSSR count). The number of nitrogens with one attached hydrogen (secondary N) is 1. The highest BCUT2D eigenvalue weighted by molar-refractivity contribution is 5.79. The average molecular weight is 292 g/mol. The lowest BCUT2D eigenvalue weighted by atomic mass is 9.88. The van der Waals surface area contributed by atoms with Gasteiger partial charge in [0, 0.05) is 50.8 Å². The van der Waals surface area contributed by atoms with Crippen molar-refractivity contribution in [2.45, 2.75) is 26.2 Å². The molecule has 1 atom stereocenters. The Morgan fingerprint density at radius 3 is 2.86 bits per heavy atom. The van der Waals surface area contributed by atoms with E-state index in [0.717, 1.165) is 62.7 Å². The minimum Gasteiger partial charge on any atom is -0.395 e. The predicted molar refractivity (Wildman–Crippen MR) is 78.9 cm³/mol. The number of fused-ring (bicyclic) bond motifs is 1. The summed E-state index contributed by atoms with van der Waals surface area (Å²) in [5, 5.41) is 8.96. The highest BCUT2D eigenvalue weighted by atomic mass is 16.3. The van der Waals surface area contributed by atoms with Gasteiger partial charge in [0.05, 0.1) is 12.3 Å². The molecule has 2 aliphatic rings. The van der Waals surface area contributed by atoms with E-state index < -0.39 is 0 Å². The monoisotopic (exact) mass is 292 g/mol. The SMILES string of the molecule is Cc1nc2c([nH]1)CC(C(=O)N1CCN(CCO)CC1)CC2. The van der Waals surface area contributed by atoms with Gasteiger partial charge >= 0.3 is 0 Å². The third-order valence-electron chi connectivity index (χ3n) is 4.61. The third kappa shape index (κ3) is 3.11. The van der Waals surface area contributed by atoms with Crippen molar-refractivity contribution in [1.82, 2.24) is 19.8 Å². The molecule has 1 aromatic heterocycles. The van der Waals surface area contributed by atoms with Gasteiger partial charge in [0.2, 0.25) is 5.91 Å². The molecule has 0 bridgehead atoms. The summed E-state index contributed by atoms with van der Waals surface area (Å²) in [7, 11) is 0. The molecule has 0 saturated carbocycles. The minimum absolute atomic E-state index is 0.0988. The molecule has 1 amide bonds. The topological polar surface area (TPSA) is 72.5 Å². The molecule has 1 aromatic rings. The molecule has 116 valence electrons. The van der Waals surface area contributed by atoms with Crippen LogP contribution in [0.25, 0.3) is 0 Å². The molecule has 1 fully saturated rings. The van der Waals surface area contributed by atoms with Crippen LogP contribution in [0.5, 0.6) is 0 Å². The van der Waals surface area contributed by atoms with Gasteiger partial charge < -0.3 is 15.0 Å². The number of aliphatic hydroxyl groups is 1. The molecule has 1 unspecified atom stereocenters. The van der Waals surface area contributed by atoms with Crippen LogP contribution in [0.2, 0.25) is 0 Å². The number of β-amino-alcohol motifs (C(OH)–C–C–N with tert-alkyl or cyclic N) is 1. The van der Waals surface area contributed by atoms with Crippen molar-refractivity contribution in [3.8, 4) is 0 Å². The van der Waals surface area contributed by atoms with Crippen LogP contribution in [-0.4, -0.2) is 70.1 Å². The number of hydrogen-bond donors (Lipinski definition) is 2. The molecule has 1 aliphatic carbocycles. The number of aliphatic hydroxyl groups excluding tert-OH is 1. The molecule has 2 N–H and O–H groups in total. The van der Waals surface area contributed by atoms with Crippen LogP contribution in [-0.2, 0) is 17.6 Å². The van der Waals surface area contributed by atoms with Crippen molar-refractivity contribution in [3.05, 3.63) is 17.2 Å². The largest absolute Gasteiger partial charge is 0.395 e. The summed E-state index contributed by atoms with van der Waals surface area (Å²) < 4.78 is 0. The van der Waals surface area contributed by atoms with E-state index in [1.54, 1.807) is 0 Å². The first-order valence-corrected chi connectivity index (χ1v) is 7.83. The second-order valence-corrected chi connectivity index (χ2v) is 6.08. The maximum atomic E-state index is 12.7. The van der Waals surface area contributed by atoms with Crippen LogP contribution in [0.1, 0.15) is 23.6 Å². The van der Waals surface area contributed by atoms with Crippen molar-refractivity contribution in [1.29, 1.82) is 0 Å². The number of aromatic amines is 1. The number of nitrogens with zero attached hydrogens (tertiary/aromatic N) is 3. The number of H-pyrrole nitrogens is 1. The molecule has 0 radical (unpaired) electrons. The van der Waals surface area contributed by atoms with E-state index in [-0.39, 0.29) is 18.4 Å². The Bertz CT molecular complexity index is 506. The maximum absolute atomic E-state index is 12.7. The van der Waals surface area contributed by atoms with Crippen LogP contribution in [0.3, 0.4) is 0 Å². The average Bonchev–Trinajstić information content (AvgIpc) is 2.86. The minimum atomic E-state index is 0.0988. The lowest BCUT2D eigenvalue weighted by molar-refractivity contribution is -0.137. The smallest absolute Gasteiger partial charge is 0.226 e. The number of carbonyl (C=O) groups is 1. The zero-order valence-electron chi connectivity index (χ0n) is 12.6. The highest BCUT2D eigenvalue weighted by Gasteiger charge is 2.31. The fourth-order valence-corrected chi connectivity index (χ4v) is 3.43. The predicted octanol–water partition coefficient (Wildman–Crippen LogP) is -0.0405. The van der Waals surface area contributed by atoms with E-state index in [4.69, 9.17) is 5.11 Å². The molecule has 21 heavy (non-hydrogen) atoms. The second kappa shape index (κ2) is 6.15. The quantitative estimate of drug-likeness (QED) is 0.820. The molecule has 0 spiro atoms. The Morgan fingerprint density at radius 2 is 2.14 bits per heavy atom. The molecule has 6 heteroatoms. The molecule has 6 nitrogen and oxygen atoms in total. The van der Waals surface area contributed by atoms with Crippen molar-refractivity contribution in [2.75, 3.05) is 39.3 Å². The number of amides is 1. The summed E-state index contributed by atoms with van der Waals surface area (Å²) in [5.41, 5.74) is 2.29. The Morgan fingerprint density at radius 1 is 1.38 bits per heavy atom. The number of piperazine rings is 1. The van der Waals surface area contributed by atoms with E-state index in [9.17, 15) is 4.79 Å². The van der Waals surface area contributed by atoms with Crippen molar-refractivity contribution < 1.29 is 9.90 Å². The van der Waals surface area contributed by atoms with E-state index in [1.807, 2.05) is 11.8 Å². The summed E-state index contributed by atoms with van der Waals surface area (Å²) >= 11 is 0. The number of aromatic nitrogens is 2.